The molecule has 2 aromatic rings. The Bertz CT molecular complexity index is 629. The molecule has 1 aliphatic rings. The summed E-state index contributed by atoms with van der Waals surface area (Å²) in [6, 6.07) is 21.4. The third kappa shape index (κ3) is 6.19. The highest BCUT2D eigenvalue weighted by Gasteiger charge is 2.20. The molecule has 144 valence electrons. The van der Waals surface area contributed by atoms with E-state index in [-0.39, 0.29) is 11.8 Å². The molecule has 0 aromatic heterocycles. The second-order valence-corrected chi connectivity index (χ2v) is 7.25. The van der Waals surface area contributed by atoms with Crippen molar-refractivity contribution in [1.29, 1.82) is 0 Å². The number of hydrogen-bond acceptors (Lipinski definition) is 3. The van der Waals surface area contributed by atoms with Crippen molar-refractivity contribution in [3.05, 3.63) is 71.8 Å². The van der Waals surface area contributed by atoms with Crippen LogP contribution in [-0.2, 0) is 4.79 Å². The van der Waals surface area contributed by atoms with Crippen LogP contribution in [0.25, 0.3) is 0 Å². The Labute approximate surface area is 162 Å². The van der Waals surface area contributed by atoms with Gasteiger partial charge in [-0.2, -0.15) is 0 Å². The second-order valence-electron chi connectivity index (χ2n) is 7.25. The highest BCUT2D eigenvalue weighted by Crippen LogP contribution is 2.27. The van der Waals surface area contributed by atoms with Crippen LogP contribution < -0.4 is 16.0 Å². The number of rotatable bonds is 9. The maximum Gasteiger partial charge on any atom is 0.224 e. The van der Waals surface area contributed by atoms with Crippen molar-refractivity contribution in [3.63, 3.8) is 0 Å². The lowest BCUT2D eigenvalue weighted by atomic mass is 9.88. The summed E-state index contributed by atoms with van der Waals surface area (Å²) in [6.07, 6.45) is 3.13. The standard InChI is InChI=1S/C23H31N3O/c27-23(21-12-7-14-25-18-21)26-17-16-24-15-13-22(19-8-3-1-4-9-19)20-10-5-2-6-11-20/h1-6,8-11,21-22,24-25H,7,12-18H2,(H,26,27). The number of amides is 1. The first-order chi connectivity index (χ1) is 13.3. The molecule has 1 saturated heterocycles. The van der Waals surface area contributed by atoms with Crippen LogP contribution in [0.15, 0.2) is 60.7 Å². The van der Waals surface area contributed by atoms with Crippen LogP contribution in [0.2, 0.25) is 0 Å². The van der Waals surface area contributed by atoms with Crippen LogP contribution in [0.4, 0.5) is 0 Å². The van der Waals surface area contributed by atoms with Crippen LogP contribution in [0.5, 0.6) is 0 Å². The molecule has 4 heteroatoms. The first kappa shape index (κ1) is 19.6. The molecule has 2 aromatic carbocycles. The zero-order valence-corrected chi connectivity index (χ0v) is 16.0. The maximum absolute atomic E-state index is 12.1. The third-order valence-corrected chi connectivity index (χ3v) is 5.28. The summed E-state index contributed by atoms with van der Waals surface area (Å²) in [4.78, 5) is 12.1. The highest BCUT2D eigenvalue weighted by molar-refractivity contribution is 5.78. The van der Waals surface area contributed by atoms with E-state index in [0.717, 1.165) is 45.4 Å². The van der Waals surface area contributed by atoms with Gasteiger partial charge in [0, 0.05) is 25.6 Å². The van der Waals surface area contributed by atoms with Gasteiger partial charge in [0.2, 0.25) is 5.91 Å². The van der Waals surface area contributed by atoms with Crippen LogP contribution in [0, 0.1) is 5.92 Å². The summed E-state index contributed by atoms with van der Waals surface area (Å²) in [5.41, 5.74) is 2.70. The molecule has 3 rings (SSSR count). The zero-order valence-electron chi connectivity index (χ0n) is 16.0. The fraction of sp³-hybridized carbons (Fsp3) is 0.435. The van der Waals surface area contributed by atoms with Crippen molar-refractivity contribution in [2.45, 2.75) is 25.2 Å². The van der Waals surface area contributed by atoms with Crippen molar-refractivity contribution in [1.82, 2.24) is 16.0 Å². The van der Waals surface area contributed by atoms with Gasteiger partial charge in [0.1, 0.15) is 0 Å². The topological polar surface area (TPSA) is 53.2 Å². The molecular formula is C23H31N3O. The van der Waals surface area contributed by atoms with Gasteiger partial charge in [0.25, 0.3) is 0 Å². The highest BCUT2D eigenvalue weighted by atomic mass is 16.1. The quantitative estimate of drug-likeness (QED) is 0.599. The molecule has 0 bridgehead atoms. The largest absolute Gasteiger partial charge is 0.355 e. The number of benzene rings is 2. The number of carbonyl (C=O) groups is 1. The number of hydrogen-bond donors (Lipinski definition) is 3. The van der Waals surface area contributed by atoms with Gasteiger partial charge in [-0.1, -0.05) is 60.7 Å². The Morgan fingerprint density at radius 2 is 1.63 bits per heavy atom. The van der Waals surface area contributed by atoms with E-state index >= 15 is 0 Å². The molecule has 1 heterocycles. The molecular weight excluding hydrogens is 334 g/mol. The Morgan fingerprint density at radius 1 is 0.963 bits per heavy atom. The minimum absolute atomic E-state index is 0.138. The molecule has 0 saturated carbocycles. The Morgan fingerprint density at radius 3 is 2.22 bits per heavy atom. The van der Waals surface area contributed by atoms with Crippen molar-refractivity contribution in [2.24, 2.45) is 5.92 Å². The normalized spacial score (nSPS) is 17.0. The average molecular weight is 366 g/mol. The summed E-state index contributed by atoms with van der Waals surface area (Å²) < 4.78 is 0. The van der Waals surface area contributed by atoms with E-state index < -0.39 is 0 Å². The van der Waals surface area contributed by atoms with Gasteiger partial charge in [-0.15, -0.1) is 0 Å². The van der Waals surface area contributed by atoms with Crippen molar-refractivity contribution in [3.8, 4) is 0 Å². The van der Waals surface area contributed by atoms with Gasteiger partial charge < -0.3 is 16.0 Å². The smallest absolute Gasteiger partial charge is 0.224 e. The summed E-state index contributed by atoms with van der Waals surface area (Å²) in [6.45, 7) is 4.28. The zero-order chi connectivity index (χ0) is 18.7. The number of piperidine rings is 1. The molecule has 27 heavy (non-hydrogen) atoms. The Kier molecular flexibility index (Phi) is 7.87. The van der Waals surface area contributed by atoms with Gasteiger partial charge >= 0.3 is 0 Å². The monoisotopic (exact) mass is 365 g/mol. The SMILES string of the molecule is O=C(NCCNCCC(c1ccccc1)c1ccccc1)C1CCCNC1. The molecule has 4 nitrogen and oxygen atoms in total. The van der Waals surface area contributed by atoms with Gasteiger partial charge in [-0.3, -0.25) is 4.79 Å². The van der Waals surface area contributed by atoms with Crippen LogP contribution in [-0.4, -0.2) is 38.6 Å². The van der Waals surface area contributed by atoms with Crippen molar-refractivity contribution in [2.75, 3.05) is 32.7 Å². The first-order valence-corrected chi connectivity index (χ1v) is 10.1. The minimum atomic E-state index is 0.138. The second kappa shape index (κ2) is 10.9. The van der Waals surface area contributed by atoms with E-state index in [1.165, 1.54) is 11.1 Å². The van der Waals surface area contributed by atoms with E-state index in [2.05, 4.69) is 76.6 Å². The average Bonchev–Trinajstić information content (AvgIpc) is 2.75. The molecule has 0 aliphatic carbocycles. The molecule has 1 amide bonds. The lowest BCUT2D eigenvalue weighted by molar-refractivity contribution is -0.125. The predicted octanol–water partition coefficient (Wildman–Crippen LogP) is 2.91. The first-order valence-electron chi connectivity index (χ1n) is 10.1. The molecule has 1 aliphatic heterocycles. The van der Waals surface area contributed by atoms with E-state index in [1.54, 1.807) is 0 Å². The van der Waals surface area contributed by atoms with Crippen molar-refractivity contribution < 1.29 is 4.79 Å². The Balaban J connectivity index is 1.41. The van der Waals surface area contributed by atoms with Crippen molar-refractivity contribution >= 4 is 5.91 Å². The fourth-order valence-electron chi connectivity index (χ4n) is 3.76. The molecule has 3 N–H and O–H groups in total. The van der Waals surface area contributed by atoms with Gasteiger partial charge in [0.15, 0.2) is 0 Å². The number of nitrogens with one attached hydrogen (secondary N) is 3. The van der Waals surface area contributed by atoms with Crippen LogP contribution in [0.3, 0.4) is 0 Å². The van der Waals surface area contributed by atoms with Gasteiger partial charge in [0.05, 0.1) is 5.92 Å². The third-order valence-electron chi connectivity index (χ3n) is 5.28. The summed E-state index contributed by atoms with van der Waals surface area (Å²) in [5, 5.41) is 9.84. The number of carbonyl (C=O) groups excluding carboxylic acids is 1. The van der Waals surface area contributed by atoms with Gasteiger partial charge in [-0.05, 0) is 43.5 Å². The van der Waals surface area contributed by atoms with Crippen LogP contribution >= 0.6 is 0 Å². The lowest BCUT2D eigenvalue weighted by Crippen LogP contribution is -2.42. The molecule has 1 atom stereocenters. The lowest BCUT2D eigenvalue weighted by Gasteiger charge is -2.22. The van der Waals surface area contributed by atoms with Crippen LogP contribution in [0.1, 0.15) is 36.3 Å². The van der Waals surface area contributed by atoms with E-state index in [0.29, 0.717) is 12.5 Å². The molecule has 1 fully saturated rings. The summed E-state index contributed by atoms with van der Waals surface area (Å²) >= 11 is 0. The molecule has 1 unspecified atom stereocenters. The van der Waals surface area contributed by atoms with Gasteiger partial charge in [-0.25, -0.2) is 0 Å². The fourth-order valence-corrected chi connectivity index (χ4v) is 3.76. The maximum atomic E-state index is 12.1. The van der Waals surface area contributed by atoms with E-state index in [9.17, 15) is 4.79 Å². The van der Waals surface area contributed by atoms with E-state index in [1.807, 2.05) is 0 Å². The Hall–Kier alpha value is -2.17. The molecule has 0 spiro atoms. The molecule has 0 radical (unpaired) electrons. The summed E-state index contributed by atoms with van der Waals surface area (Å²) in [7, 11) is 0. The predicted molar refractivity (Wildman–Crippen MR) is 111 cm³/mol. The summed E-state index contributed by atoms with van der Waals surface area (Å²) in [5.74, 6) is 0.720. The minimum Gasteiger partial charge on any atom is -0.355 e. The van der Waals surface area contributed by atoms with E-state index in [4.69, 9.17) is 0 Å².